The number of hydrogen-bond acceptors (Lipinski definition) is 2. The maximum absolute atomic E-state index is 4.56. The van der Waals surface area contributed by atoms with Crippen molar-refractivity contribution >= 4 is 22.5 Å². The van der Waals surface area contributed by atoms with Crippen molar-refractivity contribution in [3.05, 3.63) is 84.8 Å². The summed E-state index contributed by atoms with van der Waals surface area (Å²) in [5.74, 6) is 0. The second-order valence-electron chi connectivity index (χ2n) is 5.84. The van der Waals surface area contributed by atoms with E-state index in [1.165, 1.54) is 21.2 Å². The highest BCUT2D eigenvalue weighted by Crippen LogP contribution is 2.22. The Hall–Kier alpha value is -2.52. The highest BCUT2D eigenvalue weighted by Gasteiger charge is 2.04. The third kappa shape index (κ3) is 3.08. The zero-order valence-electron chi connectivity index (χ0n) is 13.5. The van der Waals surface area contributed by atoms with Crippen LogP contribution in [0.1, 0.15) is 5.56 Å². The molecule has 0 fully saturated rings. The van der Waals surface area contributed by atoms with Crippen LogP contribution in [0.25, 0.3) is 22.0 Å². The lowest BCUT2D eigenvalue weighted by Gasteiger charge is -2.05. The second-order valence-corrected chi connectivity index (χ2v) is 6.72. The second kappa shape index (κ2) is 6.54. The van der Waals surface area contributed by atoms with E-state index in [-0.39, 0.29) is 0 Å². The van der Waals surface area contributed by atoms with E-state index in [1.54, 1.807) is 11.8 Å². The van der Waals surface area contributed by atoms with Crippen LogP contribution in [-0.4, -0.2) is 15.8 Å². The summed E-state index contributed by atoms with van der Waals surface area (Å²) in [6.45, 7) is 0.834. The minimum Gasteiger partial charge on any atom is -0.332 e. The van der Waals surface area contributed by atoms with Gasteiger partial charge in [-0.2, -0.15) is 0 Å². The highest BCUT2D eigenvalue weighted by atomic mass is 32.2. The molecule has 0 unspecified atom stereocenters. The van der Waals surface area contributed by atoms with Gasteiger partial charge >= 0.3 is 0 Å². The van der Waals surface area contributed by atoms with E-state index in [4.69, 9.17) is 0 Å². The van der Waals surface area contributed by atoms with Crippen molar-refractivity contribution in [1.29, 1.82) is 0 Å². The molecule has 0 bridgehead atoms. The first-order chi connectivity index (χ1) is 11.8. The van der Waals surface area contributed by atoms with Gasteiger partial charge in [-0.25, -0.2) is 4.98 Å². The SMILES string of the molecule is CSc1ccc(-c2cn(Cc3ccc4ccccc4c3)cn2)cc1. The number of rotatable bonds is 4. The van der Waals surface area contributed by atoms with Gasteiger partial charge in [-0.3, -0.25) is 0 Å². The molecule has 118 valence electrons. The molecule has 0 amide bonds. The molecule has 24 heavy (non-hydrogen) atoms. The number of imidazole rings is 1. The summed E-state index contributed by atoms with van der Waals surface area (Å²) in [4.78, 5) is 5.83. The maximum Gasteiger partial charge on any atom is 0.0956 e. The predicted molar refractivity (Wildman–Crippen MR) is 102 cm³/mol. The number of thioether (sulfide) groups is 1. The highest BCUT2D eigenvalue weighted by molar-refractivity contribution is 7.98. The molecule has 1 aromatic heterocycles. The van der Waals surface area contributed by atoms with Crippen LogP contribution in [0.15, 0.2) is 84.1 Å². The predicted octanol–water partition coefficient (Wildman–Crippen LogP) is 5.47. The van der Waals surface area contributed by atoms with Crippen LogP contribution in [0.3, 0.4) is 0 Å². The number of aromatic nitrogens is 2. The van der Waals surface area contributed by atoms with Crippen molar-refractivity contribution in [3.63, 3.8) is 0 Å². The van der Waals surface area contributed by atoms with E-state index in [9.17, 15) is 0 Å². The van der Waals surface area contributed by atoms with Crippen LogP contribution in [0.2, 0.25) is 0 Å². The van der Waals surface area contributed by atoms with Crippen molar-refractivity contribution in [2.75, 3.05) is 6.26 Å². The molecule has 0 aliphatic heterocycles. The topological polar surface area (TPSA) is 17.8 Å². The molecule has 2 nitrogen and oxygen atoms in total. The molecular formula is C21H18N2S. The lowest BCUT2D eigenvalue weighted by molar-refractivity contribution is 0.798. The van der Waals surface area contributed by atoms with Gasteiger partial charge in [0.15, 0.2) is 0 Å². The fraction of sp³-hybridized carbons (Fsp3) is 0.0952. The zero-order valence-corrected chi connectivity index (χ0v) is 14.3. The van der Waals surface area contributed by atoms with Gasteiger partial charge < -0.3 is 4.57 Å². The van der Waals surface area contributed by atoms with Crippen molar-refractivity contribution in [2.45, 2.75) is 11.4 Å². The van der Waals surface area contributed by atoms with Crippen molar-refractivity contribution in [2.24, 2.45) is 0 Å². The summed E-state index contributed by atoms with van der Waals surface area (Å²) >= 11 is 1.75. The Labute approximate surface area is 146 Å². The molecule has 0 saturated carbocycles. The third-order valence-electron chi connectivity index (χ3n) is 4.20. The van der Waals surface area contributed by atoms with Crippen LogP contribution in [0, 0.1) is 0 Å². The fourth-order valence-electron chi connectivity index (χ4n) is 2.91. The molecule has 3 aromatic carbocycles. The first-order valence-electron chi connectivity index (χ1n) is 7.96. The van der Waals surface area contributed by atoms with Crippen molar-refractivity contribution < 1.29 is 0 Å². The molecule has 0 spiro atoms. The average molecular weight is 330 g/mol. The number of hydrogen-bond donors (Lipinski definition) is 0. The Balaban J connectivity index is 1.57. The van der Waals surface area contributed by atoms with Crippen LogP contribution in [0.4, 0.5) is 0 Å². The van der Waals surface area contributed by atoms with Crippen LogP contribution >= 0.6 is 11.8 Å². The van der Waals surface area contributed by atoms with Gasteiger partial charge in [-0.1, -0.05) is 48.5 Å². The fourth-order valence-corrected chi connectivity index (χ4v) is 3.31. The standard InChI is InChI=1S/C21H18N2S/c1-24-20-10-8-18(9-11-20)21-14-23(15-22-21)13-16-6-7-17-4-2-3-5-19(17)12-16/h2-12,14-15H,13H2,1H3. The monoisotopic (exact) mass is 330 g/mol. The van der Waals surface area contributed by atoms with Gasteiger partial charge in [0.25, 0.3) is 0 Å². The third-order valence-corrected chi connectivity index (χ3v) is 4.94. The van der Waals surface area contributed by atoms with Gasteiger partial charge in [0.2, 0.25) is 0 Å². The van der Waals surface area contributed by atoms with E-state index in [0.29, 0.717) is 0 Å². The first-order valence-corrected chi connectivity index (χ1v) is 9.18. The Bertz CT molecular complexity index is 970. The smallest absolute Gasteiger partial charge is 0.0956 e. The average Bonchev–Trinajstić information content (AvgIpc) is 3.10. The van der Waals surface area contributed by atoms with Crippen molar-refractivity contribution in [1.82, 2.24) is 9.55 Å². The summed E-state index contributed by atoms with van der Waals surface area (Å²) in [6.07, 6.45) is 6.11. The van der Waals surface area contributed by atoms with E-state index < -0.39 is 0 Å². The van der Waals surface area contributed by atoms with Gasteiger partial charge in [-0.15, -0.1) is 11.8 Å². The minimum absolute atomic E-state index is 0.834. The van der Waals surface area contributed by atoms with Crippen molar-refractivity contribution in [3.8, 4) is 11.3 Å². The van der Waals surface area contributed by atoms with Gasteiger partial charge in [-0.05, 0) is 40.8 Å². The van der Waals surface area contributed by atoms with Crippen LogP contribution in [-0.2, 0) is 6.54 Å². The molecule has 0 atom stereocenters. The number of fused-ring (bicyclic) bond motifs is 1. The Morgan fingerprint density at radius 1 is 0.917 bits per heavy atom. The molecule has 3 heteroatoms. The summed E-state index contributed by atoms with van der Waals surface area (Å²) < 4.78 is 2.14. The molecule has 0 aliphatic carbocycles. The maximum atomic E-state index is 4.56. The van der Waals surface area contributed by atoms with E-state index in [2.05, 4.69) is 88.7 Å². The van der Waals surface area contributed by atoms with Gasteiger partial charge in [0, 0.05) is 23.2 Å². The minimum atomic E-state index is 0.834. The van der Waals surface area contributed by atoms with E-state index in [1.807, 2.05) is 6.33 Å². The summed E-state index contributed by atoms with van der Waals surface area (Å²) in [5, 5.41) is 2.56. The normalized spacial score (nSPS) is 11.0. The summed E-state index contributed by atoms with van der Waals surface area (Å²) in [5.41, 5.74) is 3.46. The van der Waals surface area contributed by atoms with Gasteiger partial charge in [0.05, 0.1) is 12.0 Å². The molecule has 0 saturated heterocycles. The Morgan fingerprint density at radius 3 is 2.50 bits per heavy atom. The molecule has 4 aromatic rings. The lowest BCUT2D eigenvalue weighted by Crippen LogP contribution is -1.96. The number of benzene rings is 3. The van der Waals surface area contributed by atoms with Crippen LogP contribution < -0.4 is 0 Å². The molecule has 0 N–H and O–H groups in total. The molecule has 0 radical (unpaired) electrons. The molecule has 4 rings (SSSR count). The summed E-state index contributed by atoms with van der Waals surface area (Å²) in [7, 11) is 0. The summed E-state index contributed by atoms with van der Waals surface area (Å²) in [6, 6.07) is 23.6. The lowest BCUT2D eigenvalue weighted by atomic mass is 10.1. The molecular weight excluding hydrogens is 312 g/mol. The van der Waals surface area contributed by atoms with E-state index in [0.717, 1.165) is 17.8 Å². The Morgan fingerprint density at radius 2 is 1.71 bits per heavy atom. The van der Waals surface area contributed by atoms with E-state index >= 15 is 0 Å². The van der Waals surface area contributed by atoms with Gasteiger partial charge in [0.1, 0.15) is 0 Å². The Kier molecular flexibility index (Phi) is 4.09. The van der Waals surface area contributed by atoms with Crippen LogP contribution in [0.5, 0.6) is 0 Å². The zero-order chi connectivity index (χ0) is 16.4. The largest absolute Gasteiger partial charge is 0.332 e. The molecule has 0 aliphatic rings. The first kappa shape index (κ1) is 15.0. The molecule has 1 heterocycles. The number of nitrogens with zero attached hydrogens (tertiary/aromatic N) is 2. The quantitative estimate of drug-likeness (QED) is 0.462.